The standard InChI is InChI=1S/C23H23N3O3S2/c27-20-8-3-7-19-16-11-15(13-26(19)20)12-24(14-16)23(30)31-10-4-9-25-21(28)17-5-1-2-6-18(17)22(25)29/h1-3,5-8,15-16H,4,9-14H2/t15-,16+/m0/s1. The van der Waals surface area contributed by atoms with E-state index in [0.29, 0.717) is 35.9 Å². The van der Waals surface area contributed by atoms with Crippen molar-refractivity contribution in [3.05, 3.63) is 69.6 Å². The van der Waals surface area contributed by atoms with Gasteiger partial charge in [-0.05, 0) is 37.0 Å². The molecule has 160 valence electrons. The van der Waals surface area contributed by atoms with Crippen molar-refractivity contribution in [2.45, 2.75) is 25.3 Å². The van der Waals surface area contributed by atoms with Crippen LogP contribution in [0.3, 0.4) is 0 Å². The molecule has 31 heavy (non-hydrogen) atoms. The van der Waals surface area contributed by atoms with E-state index in [-0.39, 0.29) is 17.4 Å². The fourth-order valence-corrected chi connectivity index (χ4v) is 6.14. The molecule has 0 saturated carbocycles. The molecule has 2 amide bonds. The minimum absolute atomic E-state index is 0.0887. The Bertz CT molecular complexity index is 1090. The average Bonchev–Trinajstić information content (AvgIpc) is 3.02. The van der Waals surface area contributed by atoms with Gasteiger partial charge in [0, 0.05) is 49.6 Å². The fraction of sp³-hybridized carbons (Fsp3) is 0.391. The molecule has 0 unspecified atom stereocenters. The molecule has 3 aliphatic rings. The molecule has 1 fully saturated rings. The molecule has 4 heterocycles. The molecule has 6 nitrogen and oxygen atoms in total. The number of thiocarbonyl (C=S) groups is 1. The first-order chi connectivity index (χ1) is 15.0. The van der Waals surface area contributed by atoms with Crippen molar-refractivity contribution in [3.63, 3.8) is 0 Å². The molecular formula is C23H23N3O3S2. The number of carbonyl (C=O) groups excluding carboxylic acids is 2. The normalized spacial score (nSPS) is 21.8. The van der Waals surface area contributed by atoms with Gasteiger partial charge in [0.1, 0.15) is 4.32 Å². The van der Waals surface area contributed by atoms with E-state index < -0.39 is 0 Å². The molecule has 0 radical (unpaired) electrons. The van der Waals surface area contributed by atoms with Gasteiger partial charge >= 0.3 is 0 Å². The summed E-state index contributed by atoms with van der Waals surface area (Å²) in [5, 5.41) is 0. The lowest BCUT2D eigenvalue weighted by atomic mass is 9.83. The van der Waals surface area contributed by atoms with Gasteiger partial charge in [0.15, 0.2) is 0 Å². The summed E-state index contributed by atoms with van der Waals surface area (Å²) in [6.07, 6.45) is 1.81. The maximum atomic E-state index is 12.5. The van der Waals surface area contributed by atoms with E-state index in [1.54, 1.807) is 42.1 Å². The lowest BCUT2D eigenvalue weighted by Gasteiger charge is -2.43. The summed E-state index contributed by atoms with van der Waals surface area (Å²) in [6.45, 7) is 2.88. The molecule has 2 aromatic rings. The van der Waals surface area contributed by atoms with Crippen LogP contribution in [0.2, 0.25) is 0 Å². The Hall–Kier alpha value is -2.45. The van der Waals surface area contributed by atoms with E-state index in [1.807, 2.05) is 10.6 Å². The predicted octanol–water partition coefficient (Wildman–Crippen LogP) is 2.97. The Labute approximate surface area is 190 Å². The third-order valence-corrected chi connectivity index (χ3v) is 7.98. The molecule has 0 N–H and O–H groups in total. The zero-order valence-electron chi connectivity index (χ0n) is 17.0. The van der Waals surface area contributed by atoms with Crippen LogP contribution >= 0.6 is 24.0 Å². The quantitative estimate of drug-likeness (QED) is 0.403. The summed E-state index contributed by atoms with van der Waals surface area (Å²) in [5.74, 6) is 1.12. The van der Waals surface area contributed by atoms with Crippen LogP contribution in [-0.2, 0) is 6.54 Å². The second-order valence-corrected chi connectivity index (χ2v) is 10.1. The minimum atomic E-state index is -0.203. The van der Waals surface area contributed by atoms with Crippen molar-refractivity contribution >= 4 is 40.1 Å². The van der Waals surface area contributed by atoms with Crippen LogP contribution in [-0.4, -0.2) is 55.9 Å². The van der Waals surface area contributed by atoms with E-state index in [4.69, 9.17) is 12.2 Å². The second-order valence-electron chi connectivity index (χ2n) is 8.38. The molecule has 0 aliphatic carbocycles. The van der Waals surface area contributed by atoms with Crippen LogP contribution in [0, 0.1) is 5.92 Å². The number of hydrogen-bond acceptors (Lipinski definition) is 5. The van der Waals surface area contributed by atoms with Gasteiger partial charge in [-0.2, -0.15) is 0 Å². The summed E-state index contributed by atoms with van der Waals surface area (Å²) in [6, 6.07) is 12.5. The highest BCUT2D eigenvalue weighted by molar-refractivity contribution is 8.22. The highest BCUT2D eigenvalue weighted by Gasteiger charge is 2.36. The molecule has 3 aliphatic heterocycles. The molecular weight excluding hydrogens is 430 g/mol. The van der Waals surface area contributed by atoms with Gasteiger partial charge in [-0.3, -0.25) is 19.3 Å². The number of thioether (sulfide) groups is 1. The van der Waals surface area contributed by atoms with Gasteiger partial charge in [-0.25, -0.2) is 0 Å². The van der Waals surface area contributed by atoms with Crippen LogP contribution in [0.1, 0.15) is 45.2 Å². The third kappa shape index (κ3) is 3.72. The van der Waals surface area contributed by atoms with Crippen LogP contribution < -0.4 is 5.56 Å². The van der Waals surface area contributed by atoms with Gasteiger partial charge in [0.25, 0.3) is 17.4 Å². The Morgan fingerprint density at radius 3 is 2.45 bits per heavy atom. The highest BCUT2D eigenvalue weighted by Crippen LogP contribution is 2.36. The number of imide groups is 1. The van der Waals surface area contributed by atoms with Gasteiger partial charge in [0.05, 0.1) is 11.1 Å². The molecule has 1 saturated heterocycles. The van der Waals surface area contributed by atoms with Crippen LogP contribution in [0.15, 0.2) is 47.3 Å². The van der Waals surface area contributed by atoms with E-state index in [0.717, 1.165) is 41.8 Å². The number of aromatic nitrogens is 1. The third-order valence-electron chi connectivity index (χ3n) is 6.37. The van der Waals surface area contributed by atoms with Crippen molar-refractivity contribution in [2.75, 3.05) is 25.4 Å². The number of hydrogen-bond donors (Lipinski definition) is 0. The maximum Gasteiger partial charge on any atom is 0.261 e. The van der Waals surface area contributed by atoms with Crippen molar-refractivity contribution in [1.82, 2.24) is 14.4 Å². The Morgan fingerprint density at radius 2 is 1.71 bits per heavy atom. The number of pyridine rings is 1. The zero-order chi connectivity index (χ0) is 21.5. The van der Waals surface area contributed by atoms with Crippen LogP contribution in [0.4, 0.5) is 0 Å². The number of amides is 2. The SMILES string of the molecule is O=C1c2ccccc2C(=O)N1CCCSC(=S)N1C[C@@H]2C[C@H](C1)c1cccc(=O)n1C2. The Balaban J connectivity index is 1.14. The fourth-order valence-electron chi connectivity index (χ4n) is 4.96. The number of rotatable bonds is 4. The average molecular weight is 454 g/mol. The van der Waals surface area contributed by atoms with Crippen molar-refractivity contribution in [3.8, 4) is 0 Å². The molecule has 1 aromatic heterocycles. The van der Waals surface area contributed by atoms with Crippen molar-refractivity contribution < 1.29 is 9.59 Å². The summed E-state index contributed by atoms with van der Waals surface area (Å²) in [5.41, 5.74) is 2.20. The van der Waals surface area contributed by atoms with Gasteiger partial charge in [0.2, 0.25) is 0 Å². The number of fused-ring (bicyclic) bond motifs is 5. The van der Waals surface area contributed by atoms with Crippen molar-refractivity contribution in [2.24, 2.45) is 5.92 Å². The first-order valence-electron chi connectivity index (χ1n) is 10.6. The van der Waals surface area contributed by atoms with E-state index in [2.05, 4.69) is 11.0 Å². The molecule has 0 spiro atoms. The molecule has 2 bridgehead atoms. The summed E-state index contributed by atoms with van der Waals surface area (Å²) in [7, 11) is 0. The summed E-state index contributed by atoms with van der Waals surface area (Å²) in [4.78, 5) is 40.7. The maximum absolute atomic E-state index is 12.5. The van der Waals surface area contributed by atoms with Gasteiger partial charge in [-0.1, -0.05) is 42.2 Å². The smallest absolute Gasteiger partial charge is 0.261 e. The van der Waals surface area contributed by atoms with Crippen LogP contribution in [0.5, 0.6) is 0 Å². The molecule has 8 heteroatoms. The Kier molecular flexibility index (Phi) is 5.44. The zero-order valence-corrected chi connectivity index (χ0v) is 18.7. The topological polar surface area (TPSA) is 62.6 Å². The van der Waals surface area contributed by atoms with Gasteiger partial charge in [-0.15, -0.1) is 0 Å². The number of piperidine rings is 1. The van der Waals surface area contributed by atoms with Crippen LogP contribution in [0.25, 0.3) is 0 Å². The predicted molar refractivity (Wildman–Crippen MR) is 125 cm³/mol. The number of carbonyl (C=O) groups is 2. The number of benzene rings is 1. The lowest BCUT2D eigenvalue weighted by Crippen LogP contribution is -2.48. The first-order valence-corrected chi connectivity index (χ1v) is 12.0. The van der Waals surface area contributed by atoms with E-state index >= 15 is 0 Å². The second kappa shape index (κ2) is 8.24. The lowest BCUT2D eigenvalue weighted by molar-refractivity contribution is 0.0655. The summed E-state index contributed by atoms with van der Waals surface area (Å²) < 4.78 is 2.79. The summed E-state index contributed by atoms with van der Waals surface area (Å²) >= 11 is 7.32. The first kappa shape index (κ1) is 20.5. The highest BCUT2D eigenvalue weighted by atomic mass is 32.2. The van der Waals surface area contributed by atoms with E-state index in [1.165, 1.54) is 4.90 Å². The molecule has 5 rings (SSSR count). The number of likely N-dealkylation sites (tertiary alicyclic amines) is 1. The van der Waals surface area contributed by atoms with Gasteiger partial charge < -0.3 is 9.47 Å². The largest absolute Gasteiger partial charge is 0.357 e. The van der Waals surface area contributed by atoms with E-state index in [9.17, 15) is 14.4 Å². The number of nitrogens with zero attached hydrogens (tertiary/aromatic N) is 3. The molecule has 2 atom stereocenters. The minimum Gasteiger partial charge on any atom is -0.357 e. The van der Waals surface area contributed by atoms with Crippen molar-refractivity contribution in [1.29, 1.82) is 0 Å². The monoisotopic (exact) mass is 453 g/mol. The Morgan fingerprint density at radius 1 is 0.968 bits per heavy atom. The molecule has 1 aromatic carbocycles.